The van der Waals surface area contributed by atoms with Crippen LogP contribution >= 0.6 is 0 Å². The minimum atomic E-state index is 0.582. The molecule has 0 bridgehead atoms. The van der Waals surface area contributed by atoms with Crippen molar-refractivity contribution in [2.24, 2.45) is 11.8 Å². The number of rotatable bonds is 7. The predicted molar refractivity (Wildman–Crippen MR) is 85.3 cm³/mol. The van der Waals surface area contributed by atoms with Crippen LogP contribution in [0.25, 0.3) is 0 Å². The maximum Gasteiger partial charge on any atom is 0.122 e. The number of para-hydroxylation sites is 1. The second-order valence-corrected chi connectivity index (χ2v) is 6.19. The van der Waals surface area contributed by atoms with Crippen molar-refractivity contribution in [1.82, 2.24) is 5.32 Å². The fraction of sp³-hybridized carbons (Fsp3) is 0.667. The van der Waals surface area contributed by atoms with Gasteiger partial charge in [-0.1, -0.05) is 45.4 Å². The molecular weight excluding hydrogens is 246 g/mol. The fourth-order valence-electron chi connectivity index (χ4n) is 2.98. The van der Waals surface area contributed by atoms with Crippen LogP contribution in [-0.4, -0.2) is 19.2 Å². The van der Waals surface area contributed by atoms with Gasteiger partial charge in [0.15, 0.2) is 0 Å². The summed E-state index contributed by atoms with van der Waals surface area (Å²) in [5.74, 6) is 2.47. The molecule has 20 heavy (non-hydrogen) atoms. The van der Waals surface area contributed by atoms with E-state index in [2.05, 4.69) is 50.4 Å². The Morgan fingerprint density at radius 3 is 2.85 bits per heavy atom. The first-order valence-electron chi connectivity index (χ1n) is 8.18. The molecule has 0 spiro atoms. The maximum absolute atomic E-state index is 5.97. The van der Waals surface area contributed by atoms with Gasteiger partial charge in [-0.25, -0.2) is 0 Å². The number of hydrogen-bond donors (Lipinski definition) is 1. The molecule has 0 fully saturated rings. The summed E-state index contributed by atoms with van der Waals surface area (Å²) >= 11 is 0. The molecule has 0 saturated carbocycles. The Hall–Kier alpha value is -1.02. The number of hydrogen-bond acceptors (Lipinski definition) is 2. The molecule has 0 aromatic heterocycles. The molecule has 0 aliphatic carbocycles. The van der Waals surface area contributed by atoms with Gasteiger partial charge in [0.1, 0.15) is 5.75 Å². The molecule has 2 heteroatoms. The van der Waals surface area contributed by atoms with Crippen molar-refractivity contribution < 1.29 is 4.74 Å². The van der Waals surface area contributed by atoms with Crippen molar-refractivity contribution in [3.63, 3.8) is 0 Å². The van der Waals surface area contributed by atoms with Gasteiger partial charge in [-0.3, -0.25) is 0 Å². The Balaban J connectivity index is 2.02. The molecule has 0 radical (unpaired) electrons. The smallest absolute Gasteiger partial charge is 0.122 e. The standard InChI is InChI=1S/C18H29NO/c1-4-10-19-17(11-14(3)5-2)16-12-15-8-6-7-9-18(15)20-13-16/h6-9,14,16-17,19H,4-5,10-13H2,1-3H3. The lowest BCUT2D eigenvalue weighted by Crippen LogP contribution is -2.43. The van der Waals surface area contributed by atoms with Crippen LogP contribution in [0.5, 0.6) is 5.75 Å². The van der Waals surface area contributed by atoms with E-state index in [0.717, 1.165) is 31.2 Å². The Morgan fingerprint density at radius 2 is 2.10 bits per heavy atom. The summed E-state index contributed by atoms with van der Waals surface area (Å²) < 4.78 is 5.97. The third-order valence-electron chi connectivity index (χ3n) is 4.49. The largest absolute Gasteiger partial charge is 0.493 e. The van der Waals surface area contributed by atoms with Crippen molar-refractivity contribution in [3.05, 3.63) is 29.8 Å². The first-order valence-corrected chi connectivity index (χ1v) is 8.18. The normalized spacial score (nSPS) is 20.9. The quantitative estimate of drug-likeness (QED) is 0.811. The summed E-state index contributed by atoms with van der Waals surface area (Å²) in [6, 6.07) is 9.06. The van der Waals surface area contributed by atoms with E-state index in [1.165, 1.54) is 24.8 Å². The van der Waals surface area contributed by atoms with E-state index in [1.54, 1.807) is 0 Å². The van der Waals surface area contributed by atoms with Crippen LogP contribution in [-0.2, 0) is 6.42 Å². The summed E-state index contributed by atoms with van der Waals surface area (Å²) in [6.45, 7) is 8.85. The number of ether oxygens (including phenoxy) is 1. The lowest BCUT2D eigenvalue weighted by Gasteiger charge is -2.33. The first kappa shape index (κ1) is 15.4. The van der Waals surface area contributed by atoms with Gasteiger partial charge in [-0.2, -0.15) is 0 Å². The highest BCUT2D eigenvalue weighted by atomic mass is 16.5. The Morgan fingerprint density at radius 1 is 1.30 bits per heavy atom. The molecule has 0 saturated heterocycles. The number of nitrogens with one attached hydrogen (secondary N) is 1. The van der Waals surface area contributed by atoms with Gasteiger partial charge in [-0.05, 0) is 43.4 Å². The van der Waals surface area contributed by atoms with E-state index >= 15 is 0 Å². The minimum Gasteiger partial charge on any atom is -0.493 e. The summed E-state index contributed by atoms with van der Waals surface area (Å²) in [6.07, 6.45) is 4.86. The summed E-state index contributed by atoms with van der Waals surface area (Å²) in [7, 11) is 0. The van der Waals surface area contributed by atoms with Gasteiger partial charge in [0.25, 0.3) is 0 Å². The van der Waals surface area contributed by atoms with Crippen molar-refractivity contribution in [2.75, 3.05) is 13.2 Å². The van der Waals surface area contributed by atoms with Crippen LogP contribution in [0.15, 0.2) is 24.3 Å². The third kappa shape index (κ3) is 3.99. The van der Waals surface area contributed by atoms with E-state index in [0.29, 0.717) is 12.0 Å². The highest BCUT2D eigenvalue weighted by Crippen LogP contribution is 2.30. The molecule has 2 rings (SSSR count). The van der Waals surface area contributed by atoms with E-state index < -0.39 is 0 Å². The van der Waals surface area contributed by atoms with E-state index in [4.69, 9.17) is 4.74 Å². The maximum atomic E-state index is 5.97. The Kier molecular flexibility index (Phi) is 5.90. The van der Waals surface area contributed by atoms with Crippen molar-refractivity contribution in [3.8, 4) is 5.75 Å². The molecule has 1 aliphatic heterocycles. The average Bonchev–Trinajstić information content (AvgIpc) is 2.50. The van der Waals surface area contributed by atoms with Gasteiger partial charge in [0.2, 0.25) is 0 Å². The predicted octanol–water partition coefficient (Wildman–Crippen LogP) is 4.04. The lowest BCUT2D eigenvalue weighted by atomic mass is 9.85. The molecule has 1 aromatic rings. The fourth-order valence-corrected chi connectivity index (χ4v) is 2.98. The van der Waals surface area contributed by atoms with E-state index in [9.17, 15) is 0 Å². The first-order chi connectivity index (χ1) is 9.74. The SMILES string of the molecule is CCCNC(CC(C)CC)C1COc2ccccc2C1. The summed E-state index contributed by atoms with van der Waals surface area (Å²) in [5.41, 5.74) is 1.37. The summed E-state index contributed by atoms with van der Waals surface area (Å²) in [4.78, 5) is 0. The van der Waals surface area contributed by atoms with Gasteiger partial charge in [-0.15, -0.1) is 0 Å². The van der Waals surface area contributed by atoms with Crippen LogP contribution in [0.3, 0.4) is 0 Å². The second kappa shape index (κ2) is 7.68. The molecule has 2 nitrogen and oxygen atoms in total. The molecule has 3 atom stereocenters. The summed E-state index contributed by atoms with van der Waals surface area (Å²) in [5, 5.41) is 3.76. The Bertz CT molecular complexity index is 404. The highest BCUT2D eigenvalue weighted by Gasteiger charge is 2.27. The van der Waals surface area contributed by atoms with Crippen molar-refractivity contribution in [1.29, 1.82) is 0 Å². The molecule has 3 unspecified atom stereocenters. The number of benzene rings is 1. The average molecular weight is 275 g/mol. The molecule has 1 aromatic carbocycles. The molecular formula is C18H29NO. The van der Waals surface area contributed by atoms with E-state index in [-0.39, 0.29) is 0 Å². The van der Waals surface area contributed by atoms with Crippen LogP contribution < -0.4 is 10.1 Å². The highest BCUT2D eigenvalue weighted by molar-refractivity contribution is 5.35. The van der Waals surface area contributed by atoms with Gasteiger partial charge in [0, 0.05) is 12.0 Å². The number of fused-ring (bicyclic) bond motifs is 1. The van der Waals surface area contributed by atoms with Gasteiger partial charge >= 0.3 is 0 Å². The third-order valence-corrected chi connectivity index (χ3v) is 4.49. The van der Waals surface area contributed by atoms with Crippen LogP contribution in [0.2, 0.25) is 0 Å². The van der Waals surface area contributed by atoms with Crippen LogP contribution in [0.4, 0.5) is 0 Å². The lowest BCUT2D eigenvalue weighted by molar-refractivity contribution is 0.170. The molecule has 0 amide bonds. The zero-order valence-corrected chi connectivity index (χ0v) is 13.2. The molecule has 1 aliphatic rings. The zero-order valence-electron chi connectivity index (χ0n) is 13.2. The molecule has 112 valence electrons. The van der Waals surface area contributed by atoms with Gasteiger partial charge in [0.05, 0.1) is 6.61 Å². The molecule has 1 N–H and O–H groups in total. The topological polar surface area (TPSA) is 21.3 Å². The minimum absolute atomic E-state index is 0.582. The van der Waals surface area contributed by atoms with Crippen LogP contribution in [0, 0.1) is 11.8 Å². The van der Waals surface area contributed by atoms with E-state index in [1.807, 2.05) is 0 Å². The monoisotopic (exact) mass is 275 g/mol. The van der Waals surface area contributed by atoms with Crippen molar-refractivity contribution in [2.45, 2.75) is 52.5 Å². The van der Waals surface area contributed by atoms with Crippen molar-refractivity contribution >= 4 is 0 Å². The zero-order chi connectivity index (χ0) is 14.4. The van der Waals surface area contributed by atoms with Crippen LogP contribution in [0.1, 0.15) is 45.6 Å². The van der Waals surface area contributed by atoms with Gasteiger partial charge < -0.3 is 10.1 Å². The Labute approximate surface area is 123 Å². The molecule has 1 heterocycles. The second-order valence-electron chi connectivity index (χ2n) is 6.19.